The quantitative estimate of drug-likeness (QED) is 0.459. The molecule has 7 nitrogen and oxygen atoms in total. The van der Waals surface area contributed by atoms with Gasteiger partial charge in [-0.25, -0.2) is 0 Å². The highest BCUT2D eigenvalue weighted by Crippen LogP contribution is 2.36. The minimum Gasteiger partial charge on any atom is -0.379 e. The van der Waals surface area contributed by atoms with Gasteiger partial charge < -0.3 is 18.9 Å². The molecule has 0 aliphatic heterocycles. The molecule has 0 bridgehead atoms. The van der Waals surface area contributed by atoms with Gasteiger partial charge in [-0.2, -0.15) is 0 Å². The summed E-state index contributed by atoms with van der Waals surface area (Å²) >= 11 is 0. The van der Waals surface area contributed by atoms with E-state index in [4.69, 9.17) is 18.9 Å². The number of hydrogen-bond acceptors (Lipinski definition) is 5. The predicted octanol–water partition coefficient (Wildman–Crippen LogP) is 2.34. The summed E-state index contributed by atoms with van der Waals surface area (Å²) in [6.07, 6.45) is 0.220. The molecule has 146 valence electrons. The van der Waals surface area contributed by atoms with Gasteiger partial charge in [0.05, 0.1) is 46.0 Å². The minimum atomic E-state index is -1.80. The largest absolute Gasteiger partial charge is 0.379 e. The van der Waals surface area contributed by atoms with Crippen molar-refractivity contribution >= 4 is 7.36 Å². The summed E-state index contributed by atoms with van der Waals surface area (Å²) in [4.78, 5) is 0. The van der Waals surface area contributed by atoms with E-state index in [9.17, 15) is 0 Å². The molecule has 0 rings (SSSR count). The Morgan fingerprint density at radius 2 is 1.17 bits per heavy atom. The number of nitrogens with zero attached hydrogens (tertiary/aromatic N) is 1. The van der Waals surface area contributed by atoms with Crippen molar-refractivity contribution < 1.29 is 18.9 Å². The SMILES string of the molecule is CN=P(C)(NC(C)COCC(C)OC)NC(C)COCC(C)OC. The van der Waals surface area contributed by atoms with Crippen LogP contribution in [-0.4, -0.2) is 78.7 Å². The molecular weight excluding hydrogens is 329 g/mol. The predicted molar refractivity (Wildman–Crippen MR) is 101 cm³/mol. The molecule has 0 aromatic rings. The molecule has 0 amide bonds. The lowest BCUT2D eigenvalue weighted by atomic mass is 10.4. The summed E-state index contributed by atoms with van der Waals surface area (Å²) in [5.41, 5.74) is 0. The monoisotopic (exact) mass is 367 g/mol. The third-order valence-electron chi connectivity index (χ3n) is 3.59. The molecule has 2 N–H and O–H groups in total. The first-order valence-electron chi connectivity index (χ1n) is 8.50. The van der Waals surface area contributed by atoms with Gasteiger partial charge >= 0.3 is 0 Å². The van der Waals surface area contributed by atoms with Crippen LogP contribution in [-0.2, 0) is 18.9 Å². The van der Waals surface area contributed by atoms with E-state index < -0.39 is 7.36 Å². The minimum absolute atomic E-state index is 0.110. The van der Waals surface area contributed by atoms with E-state index in [0.717, 1.165) is 0 Å². The van der Waals surface area contributed by atoms with Gasteiger partial charge in [-0.1, -0.05) is 0 Å². The zero-order chi connectivity index (χ0) is 18.6. The van der Waals surface area contributed by atoms with E-state index >= 15 is 0 Å². The molecule has 0 radical (unpaired) electrons. The average molecular weight is 367 g/mol. The van der Waals surface area contributed by atoms with Crippen LogP contribution in [0, 0.1) is 0 Å². The maximum Gasteiger partial charge on any atom is 0.0889 e. The number of methoxy groups -OCH3 is 2. The standard InChI is InChI=1S/C16H38N3O4P/c1-13(9-22-11-15(3)20-6)18-24(8,17-5)19-14(2)10-23-12-16(4)21-7/h13-16,18-19H,9-12H2,1-8H3. The maximum absolute atomic E-state index is 5.67. The van der Waals surface area contributed by atoms with Gasteiger partial charge in [0.1, 0.15) is 0 Å². The van der Waals surface area contributed by atoms with Gasteiger partial charge in [0.25, 0.3) is 0 Å². The van der Waals surface area contributed by atoms with Crippen molar-refractivity contribution in [2.75, 3.05) is 54.4 Å². The van der Waals surface area contributed by atoms with Crippen molar-refractivity contribution in [1.29, 1.82) is 0 Å². The van der Waals surface area contributed by atoms with Crippen LogP contribution in [0.3, 0.4) is 0 Å². The first kappa shape index (κ1) is 24.0. The molecular formula is C16H38N3O4P. The van der Waals surface area contributed by atoms with E-state index in [1.165, 1.54) is 0 Å². The van der Waals surface area contributed by atoms with Gasteiger partial charge in [0.15, 0.2) is 0 Å². The van der Waals surface area contributed by atoms with Crippen LogP contribution in [0.1, 0.15) is 27.7 Å². The number of nitrogens with one attached hydrogen (secondary N) is 2. The Labute approximate surface area is 148 Å². The zero-order valence-electron chi connectivity index (χ0n) is 16.7. The van der Waals surface area contributed by atoms with Gasteiger partial charge in [-0.15, -0.1) is 0 Å². The molecule has 0 aromatic heterocycles. The van der Waals surface area contributed by atoms with E-state index in [1.807, 2.05) is 20.9 Å². The Bertz CT molecular complexity index is 343. The molecule has 0 aromatic carbocycles. The summed E-state index contributed by atoms with van der Waals surface area (Å²) in [6.45, 7) is 12.7. The maximum atomic E-state index is 5.67. The molecule has 0 spiro atoms. The molecule has 0 fully saturated rings. The number of hydrogen-bond donors (Lipinski definition) is 2. The molecule has 4 atom stereocenters. The highest BCUT2D eigenvalue weighted by molar-refractivity contribution is 7.61. The van der Waals surface area contributed by atoms with Crippen LogP contribution >= 0.6 is 7.36 Å². The Kier molecular flexibility index (Phi) is 13.2. The van der Waals surface area contributed by atoms with Crippen molar-refractivity contribution in [3.63, 3.8) is 0 Å². The number of ether oxygens (including phenoxy) is 4. The van der Waals surface area contributed by atoms with Crippen molar-refractivity contribution in [2.45, 2.75) is 52.0 Å². The van der Waals surface area contributed by atoms with Crippen LogP contribution < -0.4 is 10.2 Å². The van der Waals surface area contributed by atoms with Crippen LogP contribution in [0.15, 0.2) is 4.74 Å². The van der Waals surface area contributed by atoms with E-state index in [2.05, 4.69) is 35.4 Å². The molecule has 8 heteroatoms. The fourth-order valence-electron chi connectivity index (χ4n) is 2.04. The molecule has 0 saturated heterocycles. The lowest BCUT2D eigenvalue weighted by Crippen LogP contribution is -2.38. The molecule has 0 heterocycles. The summed E-state index contributed by atoms with van der Waals surface area (Å²) < 4.78 is 26.2. The Morgan fingerprint density at radius 3 is 1.46 bits per heavy atom. The van der Waals surface area contributed by atoms with Crippen molar-refractivity contribution in [1.82, 2.24) is 10.2 Å². The second kappa shape index (κ2) is 13.2. The van der Waals surface area contributed by atoms with Gasteiger partial charge in [0, 0.05) is 33.4 Å². The van der Waals surface area contributed by atoms with Crippen molar-refractivity contribution in [3.05, 3.63) is 0 Å². The highest BCUT2D eigenvalue weighted by Gasteiger charge is 2.18. The lowest BCUT2D eigenvalue weighted by Gasteiger charge is -2.29. The van der Waals surface area contributed by atoms with E-state index in [0.29, 0.717) is 26.4 Å². The van der Waals surface area contributed by atoms with Crippen molar-refractivity contribution in [2.24, 2.45) is 4.74 Å². The van der Waals surface area contributed by atoms with E-state index in [1.54, 1.807) is 14.2 Å². The fourth-order valence-corrected chi connectivity index (χ4v) is 4.21. The Morgan fingerprint density at radius 1 is 0.792 bits per heavy atom. The third-order valence-corrected chi connectivity index (χ3v) is 6.28. The Balaban J connectivity index is 4.22. The summed E-state index contributed by atoms with van der Waals surface area (Å²) in [5.74, 6) is 0. The highest BCUT2D eigenvalue weighted by atomic mass is 31.2. The van der Waals surface area contributed by atoms with Crippen LogP contribution in [0.25, 0.3) is 0 Å². The smallest absolute Gasteiger partial charge is 0.0889 e. The Hall–Kier alpha value is -0.0100. The molecule has 0 aliphatic carbocycles. The second-order valence-corrected chi connectivity index (χ2v) is 9.22. The number of rotatable bonds is 14. The van der Waals surface area contributed by atoms with Crippen LogP contribution in [0.2, 0.25) is 0 Å². The third kappa shape index (κ3) is 11.5. The molecule has 4 unspecified atom stereocenters. The van der Waals surface area contributed by atoms with Crippen LogP contribution in [0.4, 0.5) is 0 Å². The topological polar surface area (TPSA) is 73.3 Å². The van der Waals surface area contributed by atoms with Crippen molar-refractivity contribution in [3.8, 4) is 0 Å². The first-order valence-corrected chi connectivity index (χ1v) is 10.7. The fraction of sp³-hybridized carbons (Fsp3) is 1.00. The lowest BCUT2D eigenvalue weighted by molar-refractivity contribution is 0.0136. The van der Waals surface area contributed by atoms with Crippen LogP contribution in [0.5, 0.6) is 0 Å². The molecule has 0 saturated carbocycles. The summed E-state index contributed by atoms with van der Waals surface area (Å²) in [5, 5.41) is 7.13. The normalized spacial score (nSPS) is 19.3. The van der Waals surface area contributed by atoms with E-state index in [-0.39, 0.29) is 24.3 Å². The zero-order valence-corrected chi connectivity index (χ0v) is 17.6. The van der Waals surface area contributed by atoms with Gasteiger partial charge in [-0.3, -0.25) is 14.9 Å². The van der Waals surface area contributed by atoms with Gasteiger partial charge in [-0.05, 0) is 34.4 Å². The summed E-state index contributed by atoms with van der Waals surface area (Å²) in [7, 11) is 3.42. The molecule has 0 aliphatic rings. The summed E-state index contributed by atoms with van der Waals surface area (Å²) in [6, 6.07) is 0.399. The average Bonchev–Trinajstić information content (AvgIpc) is 2.54. The second-order valence-electron chi connectivity index (χ2n) is 6.39. The molecule has 24 heavy (non-hydrogen) atoms. The van der Waals surface area contributed by atoms with Gasteiger partial charge in [0.2, 0.25) is 0 Å². The first-order chi connectivity index (χ1) is 11.3.